The van der Waals surface area contributed by atoms with Crippen LogP contribution in [-0.2, 0) is 12.8 Å². The van der Waals surface area contributed by atoms with E-state index in [0.717, 1.165) is 13.0 Å². The summed E-state index contributed by atoms with van der Waals surface area (Å²) in [6, 6.07) is 0.473. The molecule has 2 heterocycles. The minimum atomic E-state index is 0.0701. The second-order valence-corrected chi connectivity index (χ2v) is 3.93. The Labute approximate surface area is 88.9 Å². The number of nitrogens with one attached hydrogen (secondary N) is 1. The maximum Gasteiger partial charge on any atom is 0.228 e. The van der Waals surface area contributed by atoms with Crippen molar-refractivity contribution in [2.24, 2.45) is 0 Å². The molecule has 0 amide bonds. The maximum absolute atomic E-state index is 8.72. The van der Waals surface area contributed by atoms with Crippen LogP contribution in [0.25, 0.3) is 0 Å². The van der Waals surface area contributed by atoms with Crippen LogP contribution in [0.1, 0.15) is 31.0 Å². The molecule has 0 bridgehead atoms. The van der Waals surface area contributed by atoms with Crippen molar-refractivity contribution < 1.29 is 9.63 Å². The average Bonchev–Trinajstić information content (AvgIpc) is 2.68. The molecule has 1 aliphatic rings. The molecule has 1 aliphatic heterocycles. The predicted octanol–water partition coefficient (Wildman–Crippen LogP) is 0.289. The first-order valence-corrected chi connectivity index (χ1v) is 5.54. The van der Waals surface area contributed by atoms with Gasteiger partial charge in [0.2, 0.25) is 5.89 Å². The largest absolute Gasteiger partial charge is 0.396 e. The molecule has 5 heteroatoms. The molecule has 1 atom stereocenters. The molecule has 15 heavy (non-hydrogen) atoms. The number of piperidine rings is 1. The van der Waals surface area contributed by atoms with Crippen LogP contribution in [0.5, 0.6) is 0 Å². The standard InChI is InChI=1S/C10H17N3O2/c14-6-4-9-12-10(15-13-9)7-8-3-1-2-5-11-8/h8,11,14H,1-7H2. The second kappa shape index (κ2) is 5.23. The van der Waals surface area contributed by atoms with Crippen molar-refractivity contribution in [3.63, 3.8) is 0 Å². The minimum Gasteiger partial charge on any atom is -0.396 e. The van der Waals surface area contributed by atoms with Crippen molar-refractivity contribution in [2.75, 3.05) is 13.2 Å². The third-order valence-corrected chi connectivity index (χ3v) is 2.68. The maximum atomic E-state index is 8.72. The first kappa shape index (κ1) is 10.6. The molecule has 2 N–H and O–H groups in total. The topological polar surface area (TPSA) is 71.2 Å². The van der Waals surface area contributed by atoms with Gasteiger partial charge in [0.1, 0.15) is 0 Å². The third-order valence-electron chi connectivity index (χ3n) is 2.68. The van der Waals surface area contributed by atoms with Crippen molar-refractivity contribution in [1.82, 2.24) is 15.5 Å². The summed E-state index contributed by atoms with van der Waals surface area (Å²) in [5.41, 5.74) is 0. The zero-order valence-corrected chi connectivity index (χ0v) is 8.78. The van der Waals surface area contributed by atoms with Gasteiger partial charge in [-0.15, -0.1) is 0 Å². The summed E-state index contributed by atoms with van der Waals surface area (Å²) >= 11 is 0. The van der Waals surface area contributed by atoms with Gasteiger partial charge in [-0.05, 0) is 19.4 Å². The Kier molecular flexibility index (Phi) is 3.69. The number of aliphatic hydroxyl groups excluding tert-OH is 1. The average molecular weight is 211 g/mol. The number of aliphatic hydroxyl groups is 1. The van der Waals surface area contributed by atoms with E-state index in [9.17, 15) is 0 Å². The van der Waals surface area contributed by atoms with Gasteiger partial charge in [0.05, 0.1) is 6.61 Å². The summed E-state index contributed by atoms with van der Waals surface area (Å²) in [7, 11) is 0. The number of nitrogens with zero attached hydrogens (tertiary/aromatic N) is 2. The quantitative estimate of drug-likeness (QED) is 0.749. The van der Waals surface area contributed by atoms with Gasteiger partial charge in [-0.3, -0.25) is 0 Å². The minimum absolute atomic E-state index is 0.0701. The molecule has 1 saturated heterocycles. The zero-order valence-electron chi connectivity index (χ0n) is 8.78. The van der Waals surface area contributed by atoms with E-state index in [4.69, 9.17) is 9.63 Å². The fourth-order valence-electron chi connectivity index (χ4n) is 1.88. The highest BCUT2D eigenvalue weighted by atomic mass is 16.5. The molecule has 1 unspecified atom stereocenters. The fraction of sp³-hybridized carbons (Fsp3) is 0.800. The van der Waals surface area contributed by atoms with E-state index in [-0.39, 0.29) is 6.61 Å². The molecule has 1 fully saturated rings. The Hall–Kier alpha value is -0.940. The van der Waals surface area contributed by atoms with Crippen LogP contribution in [0.2, 0.25) is 0 Å². The van der Waals surface area contributed by atoms with Crippen molar-refractivity contribution in [3.05, 3.63) is 11.7 Å². The second-order valence-electron chi connectivity index (χ2n) is 3.93. The van der Waals surface area contributed by atoms with Crippen LogP contribution < -0.4 is 5.32 Å². The highest BCUT2D eigenvalue weighted by Crippen LogP contribution is 2.11. The molecule has 0 radical (unpaired) electrons. The van der Waals surface area contributed by atoms with Crippen LogP contribution in [0.15, 0.2) is 4.52 Å². The van der Waals surface area contributed by atoms with Gasteiger partial charge in [0, 0.05) is 18.9 Å². The highest BCUT2D eigenvalue weighted by molar-refractivity contribution is 4.90. The third kappa shape index (κ3) is 3.00. The molecule has 5 nitrogen and oxygen atoms in total. The van der Waals surface area contributed by atoms with Crippen LogP contribution in [0.4, 0.5) is 0 Å². The molecular weight excluding hydrogens is 194 g/mol. The number of rotatable bonds is 4. The molecule has 2 rings (SSSR count). The van der Waals surface area contributed by atoms with Gasteiger partial charge in [-0.1, -0.05) is 11.6 Å². The summed E-state index contributed by atoms with van der Waals surface area (Å²) in [6.07, 6.45) is 4.99. The normalized spacial score (nSPS) is 21.8. The van der Waals surface area contributed by atoms with Crippen LogP contribution in [0, 0.1) is 0 Å². The zero-order chi connectivity index (χ0) is 10.5. The summed E-state index contributed by atoms with van der Waals surface area (Å²) in [5, 5.41) is 15.9. The first-order valence-electron chi connectivity index (χ1n) is 5.54. The smallest absolute Gasteiger partial charge is 0.228 e. The van der Waals surface area contributed by atoms with Gasteiger partial charge in [0.15, 0.2) is 5.82 Å². The Balaban J connectivity index is 1.86. The van der Waals surface area contributed by atoms with Gasteiger partial charge in [-0.25, -0.2) is 0 Å². The van der Waals surface area contributed by atoms with Crippen LogP contribution in [0.3, 0.4) is 0 Å². The van der Waals surface area contributed by atoms with Gasteiger partial charge in [0.25, 0.3) is 0 Å². The summed E-state index contributed by atoms with van der Waals surface area (Å²) in [4.78, 5) is 4.22. The summed E-state index contributed by atoms with van der Waals surface area (Å²) in [5.74, 6) is 1.28. The Morgan fingerprint density at radius 2 is 2.40 bits per heavy atom. The SMILES string of the molecule is OCCc1noc(CC2CCCCN2)n1. The molecule has 0 aliphatic carbocycles. The molecule has 1 aromatic rings. The summed E-state index contributed by atoms with van der Waals surface area (Å²) in [6.45, 7) is 1.16. The molecule has 0 spiro atoms. The van der Waals surface area contributed by atoms with E-state index in [1.807, 2.05) is 0 Å². The van der Waals surface area contributed by atoms with E-state index >= 15 is 0 Å². The lowest BCUT2D eigenvalue weighted by molar-refractivity contribution is 0.291. The van der Waals surface area contributed by atoms with Crippen molar-refractivity contribution in [3.8, 4) is 0 Å². The Bertz CT molecular complexity index is 295. The van der Waals surface area contributed by atoms with E-state index in [0.29, 0.717) is 24.2 Å². The van der Waals surface area contributed by atoms with Gasteiger partial charge >= 0.3 is 0 Å². The molecule has 84 valence electrons. The van der Waals surface area contributed by atoms with E-state index < -0.39 is 0 Å². The predicted molar refractivity (Wildman–Crippen MR) is 54.4 cm³/mol. The molecule has 1 aromatic heterocycles. The van der Waals surface area contributed by atoms with Crippen molar-refractivity contribution in [2.45, 2.75) is 38.1 Å². The van der Waals surface area contributed by atoms with Crippen molar-refractivity contribution >= 4 is 0 Å². The Morgan fingerprint density at radius 1 is 1.47 bits per heavy atom. The van der Waals surface area contributed by atoms with E-state index in [1.54, 1.807) is 0 Å². The number of hydrogen-bond donors (Lipinski definition) is 2. The lowest BCUT2D eigenvalue weighted by Gasteiger charge is -2.21. The van der Waals surface area contributed by atoms with Crippen LogP contribution >= 0.6 is 0 Å². The lowest BCUT2D eigenvalue weighted by atomic mass is 10.0. The van der Waals surface area contributed by atoms with Crippen LogP contribution in [-0.4, -0.2) is 34.4 Å². The summed E-state index contributed by atoms with van der Waals surface area (Å²) < 4.78 is 5.11. The number of hydrogen-bond acceptors (Lipinski definition) is 5. The monoisotopic (exact) mass is 211 g/mol. The van der Waals surface area contributed by atoms with E-state index in [2.05, 4.69) is 15.5 Å². The van der Waals surface area contributed by atoms with Gasteiger partial charge in [-0.2, -0.15) is 4.98 Å². The van der Waals surface area contributed by atoms with Gasteiger partial charge < -0.3 is 14.9 Å². The number of aromatic nitrogens is 2. The Morgan fingerprint density at radius 3 is 3.13 bits per heavy atom. The highest BCUT2D eigenvalue weighted by Gasteiger charge is 2.16. The molecular formula is C10H17N3O2. The lowest BCUT2D eigenvalue weighted by Crippen LogP contribution is -2.35. The first-order chi connectivity index (χ1) is 7.38. The molecule has 0 saturated carbocycles. The van der Waals surface area contributed by atoms with Crippen molar-refractivity contribution in [1.29, 1.82) is 0 Å². The molecule has 0 aromatic carbocycles. The fourth-order valence-corrected chi connectivity index (χ4v) is 1.88. The van der Waals surface area contributed by atoms with E-state index in [1.165, 1.54) is 19.3 Å².